The summed E-state index contributed by atoms with van der Waals surface area (Å²) in [4.78, 5) is 24.3. The number of thioether (sulfide) groups is 1. The van der Waals surface area contributed by atoms with Crippen molar-refractivity contribution in [1.29, 1.82) is 0 Å². The second-order valence-electron chi connectivity index (χ2n) is 4.32. The number of β-lactam (4-membered cyclic amide) rings is 1. The van der Waals surface area contributed by atoms with Crippen LogP contribution in [0, 0.1) is 5.92 Å². The average Bonchev–Trinajstić information content (AvgIpc) is 2.53. The van der Waals surface area contributed by atoms with Crippen LogP contribution >= 0.6 is 11.8 Å². The molecule has 98 valence electrons. The van der Waals surface area contributed by atoms with Gasteiger partial charge in [-0.1, -0.05) is 0 Å². The van der Waals surface area contributed by atoms with E-state index in [-0.39, 0.29) is 52.7 Å². The molecule has 0 spiro atoms. The van der Waals surface area contributed by atoms with Crippen LogP contribution in [0.15, 0.2) is 0 Å². The average molecular weight is 285 g/mol. The summed E-state index contributed by atoms with van der Waals surface area (Å²) in [5, 5.41) is 18.1. The number of carbonyl (C=O) groups excluding carboxylic acids is 1. The van der Waals surface area contributed by atoms with Crippen LogP contribution < -0.4 is 0 Å². The van der Waals surface area contributed by atoms with Crippen molar-refractivity contribution in [3.63, 3.8) is 0 Å². The molecule has 2 rings (SSSR count). The number of aliphatic hydroxyl groups is 1. The van der Waals surface area contributed by atoms with E-state index >= 15 is 0 Å². The van der Waals surface area contributed by atoms with Gasteiger partial charge in [0, 0.05) is 7.11 Å². The number of rotatable bonds is 4. The molecule has 2 aliphatic rings. The molecular weight excluding hydrogens is 269 g/mol. The fraction of sp³-hybridized carbons (Fsp3) is 0.800. The molecule has 3 unspecified atom stereocenters. The molecule has 0 aromatic heterocycles. The molecule has 5 atom stereocenters. The number of amides is 1. The normalized spacial score (nSPS) is 35.5. The number of carboxylic acid groups (broad SMARTS) is 1. The Balaban J connectivity index is 0.00000162. The quantitative estimate of drug-likeness (QED) is 0.494. The van der Waals surface area contributed by atoms with Gasteiger partial charge in [0.25, 0.3) is 0 Å². The van der Waals surface area contributed by atoms with Gasteiger partial charge in [0.15, 0.2) is 0 Å². The molecule has 2 fully saturated rings. The van der Waals surface area contributed by atoms with Gasteiger partial charge >= 0.3 is 35.5 Å². The summed E-state index contributed by atoms with van der Waals surface area (Å²) in [6.45, 7) is 1.84. The number of methoxy groups -OCH3 is 1. The number of aliphatic carboxylic acids is 1. The van der Waals surface area contributed by atoms with E-state index < -0.39 is 24.0 Å². The Hall–Kier alpha value is 0.210. The summed E-state index contributed by atoms with van der Waals surface area (Å²) in [5.74, 6) is -1.77. The molecule has 0 saturated carbocycles. The van der Waals surface area contributed by atoms with Crippen LogP contribution in [0.4, 0.5) is 0 Å². The summed E-state index contributed by atoms with van der Waals surface area (Å²) in [6.07, 6.45) is -0.744. The van der Waals surface area contributed by atoms with Crippen LogP contribution in [-0.4, -0.2) is 93.0 Å². The molecule has 0 aromatic carbocycles. The number of hydrogen-bond acceptors (Lipinski definition) is 5. The molecule has 6 nitrogen and oxygen atoms in total. The Morgan fingerprint density at radius 1 is 1.61 bits per heavy atom. The summed E-state index contributed by atoms with van der Waals surface area (Å²) in [5.41, 5.74) is 0. The first-order valence-electron chi connectivity index (χ1n) is 5.36. The number of aliphatic hydroxyl groups excluding tert-OH is 1. The van der Waals surface area contributed by atoms with E-state index in [4.69, 9.17) is 9.84 Å². The van der Waals surface area contributed by atoms with Gasteiger partial charge < -0.3 is 19.8 Å². The second-order valence-corrected chi connectivity index (χ2v) is 5.68. The van der Waals surface area contributed by atoms with Crippen LogP contribution in [0.1, 0.15) is 6.92 Å². The molecular formula is C10H16NNaO5S. The van der Waals surface area contributed by atoms with E-state index in [1.807, 2.05) is 0 Å². The molecule has 0 bridgehead atoms. The molecule has 2 aliphatic heterocycles. The number of carbonyl (C=O) groups is 2. The van der Waals surface area contributed by atoms with Gasteiger partial charge in [0.1, 0.15) is 6.04 Å². The molecule has 0 aromatic rings. The maximum absolute atomic E-state index is 11.8. The fourth-order valence-corrected chi connectivity index (χ4v) is 4.25. The standard InChI is InChI=1S/C10H15NO5S.Na.H/c1-4(12)6-8(13)11-7(10(14)15)5(3-16-2)17-9(6)11;;/h4-7,9,12H,3H2,1-2H3,(H,14,15);;/t4-,5?,6+,7?,9?;;/m1../s1. The molecule has 8 heteroatoms. The monoisotopic (exact) mass is 285 g/mol. The van der Waals surface area contributed by atoms with E-state index in [1.165, 1.54) is 23.8 Å². The van der Waals surface area contributed by atoms with Crippen molar-refractivity contribution < 1.29 is 24.5 Å². The second kappa shape index (κ2) is 6.11. The van der Waals surface area contributed by atoms with Gasteiger partial charge in [-0.3, -0.25) is 4.79 Å². The molecule has 0 aliphatic carbocycles. The molecule has 0 radical (unpaired) electrons. The minimum absolute atomic E-state index is 0. The third-order valence-electron chi connectivity index (χ3n) is 3.19. The third kappa shape index (κ3) is 2.44. The van der Waals surface area contributed by atoms with Crippen LogP contribution in [0.3, 0.4) is 0 Å². The van der Waals surface area contributed by atoms with Crippen molar-refractivity contribution in [3.8, 4) is 0 Å². The molecule has 2 N–H and O–H groups in total. The summed E-state index contributed by atoms with van der Waals surface area (Å²) in [6, 6.07) is -0.840. The minimum atomic E-state index is -1.01. The molecule has 18 heavy (non-hydrogen) atoms. The van der Waals surface area contributed by atoms with Gasteiger partial charge in [-0.2, -0.15) is 0 Å². The Kier molecular flexibility index (Phi) is 5.52. The van der Waals surface area contributed by atoms with E-state index in [2.05, 4.69) is 0 Å². The molecule has 2 saturated heterocycles. The van der Waals surface area contributed by atoms with Crippen molar-refractivity contribution in [3.05, 3.63) is 0 Å². The van der Waals surface area contributed by atoms with Gasteiger partial charge in [0.05, 0.1) is 29.3 Å². The third-order valence-corrected chi connectivity index (χ3v) is 4.73. The van der Waals surface area contributed by atoms with Gasteiger partial charge in [-0.25, -0.2) is 4.79 Å². The van der Waals surface area contributed by atoms with E-state index in [0.717, 1.165) is 0 Å². The van der Waals surface area contributed by atoms with Crippen LogP contribution in [0.5, 0.6) is 0 Å². The number of nitrogens with zero attached hydrogens (tertiary/aromatic N) is 1. The Morgan fingerprint density at radius 2 is 2.22 bits per heavy atom. The van der Waals surface area contributed by atoms with Gasteiger partial charge in [-0.05, 0) is 6.92 Å². The number of fused-ring (bicyclic) bond motifs is 1. The zero-order valence-electron chi connectivity index (χ0n) is 9.57. The predicted molar refractivity (Wildman–Crippen MR) is 67.6 cm³/mol. The molecule has 2 heterocycles. The Morgan fingerprint density at radius 3 is 2.67 bits per heavy atom. The summed E-state index contributed by atoms with van der Waals surface area (Å²) >= 11 is 1.40. The SMILES string of the molecule is COCC1SC2[C@@H]([C@@H](C)O)C(=O)N2C1C(=O)O.[NaH]. The van der Waals surface area contributed by atoms with E-state index in [0.29, 0.717) is 0 Å². The summed E-state index contributed by atoms with van der Waals surface area (Å²) in [7, 11) is 1.50. The van der Waals surface area contributed by atoms with Crippen molar-refractivity contribution in [2.24, 2.45) is 5.92 Å². The zero-order valence-corrected chi connectivity index (χ0v) is 10.4. The Labute approximate surface area is 131 Å². The molecule has 1 amide bonds. The van der Waals surface area contributed by atoms with Crippen molar-refractivity contribution in [2.45, 2.75) is 29.7 Å². The maximum atomic E-state index is 11.8. The number of ether oxygens (including phenoxy) is 1. The first-order valence-corrected chi connectivity index (χ1v) is 6.30. The summed E-state index contributed by atoms with van der Waals surface area (Å²) < 4.78 is 4.98. The van der Waals surface area contributed by atoms with Crippen molar-refractivity contribution >= 4 is 53.2 Å². The van der Waals surface area contributed by atoms with E-state index in [9.17, 15) is 14.7 Å². The van der Waals surface area contributed by atoms with Gasteiger partial charge in [0.2, 0.25) is 5.91 Å². The first-order chi connectivity index (χ1) is 7.99. The number of hydrogen-bond donors (Lipinski definition) is 2. The van der Waals surface area contributed by atoms with Gasteiger partial charge in [-0.15, -0.1) is 11.8 Å². The first kappa shape index (κ1) is 16.3. The number of carboxylic acids is 1. The van der Waals surface area contributed by atoms with Crippen molar-refractivity contribution in [1.82, 2.24) is 4.90 Å². The topological polar surface area (TPSA) is 87.1 Å². The predicted octanol–water partition coefficient (Wildman–Crippen LogP) is -1.28. The zero-order chi connectivity index (χ0) is 12.7. The van der Waals surface area contributed by atoms with Crippen LogP contribution in [0.2, 0.25) is 0 Å². The van der Waals surface area contributed by atoms with E-state index in [1.54, 1.807) is 6.92 Å². The fourth-order valence-electron chi connectivity index (χ4n) is 2.41. The Bertz CT molecular complexity index is 353. The van der Waals surface area contributed by atoms with Crippen molar-refractivity contribution in [2.75, 3.05) is 13.7 Å². The van der Waals surface area contributed by atoms with Crippen LogP contribution in [-0.2, 0) is 14.3 Å². The van der Waals surface area contributed by atoms with Crippen LogP contribution in [0.25, 0.3) is 0 Å².